The summed E-state index contributed by atoms with van der Waals surface area (Å²) in [6, 6.07) is 6.62. The first-order valence-corrected chi connectivity index (χ1v) is 11.6. The number of carbonyl (C=O) groups excluding carboxylic acids is 3. The molecule has 196 valence electrons. The Hall–Kier alpha value is -4.27. The van der Waals surface area contributed by atoms with Crippen LogP contribution in [0.3, 0.4) is 0 Å². The highest BCUT2D eigenvalue weighted by Gasteiger charge is 2.23. The zero-order valence-electron chi connectivity index (χ0n) is 20.1. The first-order chi connectivity index (χ1) is 17.4. The maximum atomic E-state index is 11.9. The fraction of sp³-hybridized carbons (Fsp3) is 0.318. The van der Waals surface area contributed by atoms with Gasteiger partial charge < -0.3 is 15.0 Å². The Morgan fingerprint density at radius 3 is 2.35 bits per heavy atom. The van der Waals surface area contributed by atoms with Gasteiger partial charge >= 0.3 is 11.7 Å². The average molecular weight is 579 g/mol. The van der Waals surface area contributed by atoms with E-state index in [1.807, 2.05) is 11.8 Å². The SMILES string of the molecule is CCN(CCC(=O)OCC(C)=O)c1ccc(N=Nc2c(Br)cc([N+](=O)[O-])cc2[N+](=O)[O-])c(NC(C)=O)c1. The van der Waals surface area contributed by atoms with Gasteiger partial charge in [0.2, 0.25) is 5.91 Å². The van der Waals surface area contributed by atoms with Gasteiger partial charge in [0.15, 0.2) is 11.5 Å². The lowest BCUT2D eigenvalue weighted by Crippen LogP contribution is -2.27. The number of ether oxygens (including phenoxy) is 1. The molecule has 15 heteroatoms. The maximum Gasteiger partial charge on any atom is 0.308 e. The van der Waals surface area contributed by atoms with Crippen molar-refractivity contribution in [1.29, 1.82) is 0 Å². The maximum absolute atomic E-state index is 11.9. The number of halogens is 1. The van der Waals surface area contributed by atoms with Crippen molar-refractivity contribution in [3.8, 4) is 0 Å². The predicted octanol–water partition coefficient (Wildman–Crippen LogP) is 4.99. The normalized spacial score (nSPS) is 10.7. The molecule has 0 aliphatic rings. The van der Waals surface area contributed by atoms with Crippen LogP contribution in [0.25, 0.3) is 0 Å². The van der Waals surface area contributed by atoms with Gasteiger partial charge in [-0.05, 0) is 48.0 Å². The van der Waals surface area contributed by atoms with E-state index in [1.54, 1.807) is 12.1 Å². The molecule has 0 saturated carbocycles. The number of nitro groups is 2. The number of esters is 1. The number of non-ortho nitro benzene ring substituents is 1. The third-order valence-corrected chi connectivity index (χ3v) is 5.36. The minimum absolute atomic E-state index is 0.0105. The standard InChI is InChI=1S/C22H23BrN6O8/c1-4-27(8-7-21(32)37-12-13(2)30)15-5-6-18(19(10-15)24-14(3)31)25-26-22-17(23)9-16(28(33)34)11-20(22)29(35)36/h5-6,9-11H,4,7-8,12H2,1-3H3,(H,24,31). The van der Waals surface area contributed by atoms with Gasteiger partial charge in [0.05, 0.1) is 32.5 Å². The van der Waals surface area contributed by atoms with Gasteiger partial charge in [-0.2, -0.15) is 0 Å². The summed E-state index contributed by atoms with van der Waals surface area (Å²) >= 11 is 3.06. The Labute approximate surface area is 219 Å². The fourth-order valence-corrected chi connectivity index (χ4v) is 3.58. The Balaban J connectivity index is 2.38. The molecular formula is C22H23BrN6O8. The molecule has 0 aliphatic heterocycles. The highest BCUT2D eigenvalue weighted by molar-refractivity contribution is 9.10. The number of azo groups is 1. The molecule has 0 aromatic heterocycles. The van der Waals surface area contributed by atoms with Gasteiger partial charge in [0, 0.05) is 31.8 Å². The number of anilines is 2. The number of nitrogens with one attached hydrogen (secondary N) is 1. The molecule has 1 N–H and O–H groups in total. The smallest absolute Gasteiger partial charge is 0.308 e. The van der Waals surface area contributed by atoms with Crippen LogP contribution in [0.1, 0.15) is 27.2 Å². The second kappa shape index (κ2) is 13.2. The van der Waals surface area contributed by atoms with Gasteiger partial charge in [-0.1, -0.05) is 0 Å². The molecule has 0 radical (unpaired) electrons. The van der Waals surface area contributed by atoms with Crippen LogP contribution in [0.4, 0.5) is 34.1 Å². The minimum atomic E-state index is -0.815. The lowest BCUT2D eigenvalue weighted by atomic mass is 10.2. The van der Waals surface area contributed by atoms with Crippen molar-refractivity contribution in [3.05, 3.63) is 55.0 Å². The lowest BCUT2D eigenvalue weighted by molar-refractivity contribution is -0.393. The predicted molar refractivity (Wildman–Crippen MR) is 137 cm³/mol. The van der Waals surface area contributed by atoms with E-state index in [1.165, 1.54) is 19.9 Å². The molecule has 0 heterocycles. The molecule has 0 bridgehead atoms. The number of carbonyl (C=O) groups is 3. The molecule has 0 fully saturated rings. The zero-order chi connectivity index (χ0) is 27.7. The highest BCUT2D eigenvalue weighted by atomic mass is 79.9. The van der Waals surface area contributed by atoms with E-state index < -0.39 is 33.1 Å². The summed E-state index contributed by atoms with van der Waals surface area (Å²) in [5.41, 5.74) is -0.329. The second-order valence-electron chi connectivity index (χ2n) is 7.58. The lowest BCUT2D eigenvalue weighted by Gasteiger charge is -2.23. The van der Waals surface area contributed by atoms with E-state index >= 15 is 0 Å². The highest BCUT2D eigenvalue weighted by Crippen LogP contribution is 2.40. The van der Waals surface area contributed by atoms with Crippen LogP contribution >= 0.6 is 15.9 Å². The van der Waals surface area contributed by atoms with Gasteiger partial charge in [0.25, 0.3) is 5.69 Å². The number of Topliss-reactive ketones (excluding diaryl/α,β-unsaturated/α-hetero) is 1. The van der Waals surface area contributed by atoms with E-state index in [0.29, 0.717) is 12.2 Å². The number of amides is 1. The molecule has 0 saturated heterocycles. The van der Waals surface area contributed by atoms with Crippen molar-refractivity contribution in [2.24, 2.45) is 10.2 Å². The summed E-state index contributed by atoms with van der Waals surface area (Å²) < 4.78 is 4.86. The van der Waals surface area contributed by atoms with Gasteiger partial charge in [0.1, 0.15) is 12.3 Å². The van der Waals surface area contributed by atoms with Crippen LogP contribution in [0.2, 0.25) is 0 Å². The van der Waals surface area contributed by atoms with Crippen molar-refractivity contribution in [1.82, 2.24) is 0 Å². The number of hydrogen-bond donors (Lipinski definition) is 1. The summed E-state index contributed by atoms with van der Waals surface area (Å²) in [4.78, 5) is 57.4. The molecular weight excluding hydrogens is 556 g/mol. The van der Waals surface area contributed by atoms with E-state index in [2.05, 4.69) is 31.5 Å². The molecule has 14 nitrogen and oxygen atoms in total. The van der Waals surface area contributed by atoms with Crippen LogP contribution in [-0.4, -0.2) is 47.2 Å². The Morgan fingerprint density at radius 2 is 1.78 bits per heavy atom. The van der Waals surface area contributed by atoms with Gasteiger partial charge in [-0.15, -0.1) is 10.2 Å². The molecule has 0 spiro atoms. The first kappa shape index (κ1) is 29.0. The van der Waals surface area contributed by atoms with Crippen LogP contribution in [0, 0.1) is 20.2 Å². The fourth-order valence-electron chi connectivity index (χ4n) is 3.07. The molecule has 0 atom stereocenters. The summed E-state index contributed by atoms with van der Waals surface area (Å²) in [6.45, 7) is 4.94. The monoisotopic (exact) mass is 578 g/mol. The third-order valence-electron chi connectivity index (χ3n) is 4.75. The van der Waals surface area contributed by atoms with Gasteiger partial charge in [-0.25, -0.2) is 0 Å². The average Bonchev–Trinajstić information content (AvgIpc) is 2.82. The zero-order valence-corrected chi connectivity index (χ0v) is 21.7. The van der Waals surface area contributed by atoms with Crippen molar-refractivity contribution in [3.63, 3.8) is 0 Å². The van der Waals surface area contributed by atoms with Crippen molar-refractivity contribution in [2.45, 2.75) is 27.2 Å². The van der Waals surface area contributed by atoms with E-state index in [4.69, 9.17) is 4.74 Å². The summed E-state index contributed by atoms with van der Waals surface area (Å²) in [7, 11) is 0. The molecule has 0 aliphatic carbocycles. The Bertz CT molecular complexity index is 1270. The number of hydrogen-bond acceptors (Lipinski definition) is 11. The van der Waals surface area contributed by atoms with Crippen LogP contribution in [0.15, 0.2) is 45.0 Å². The van der Waals surface area contributed by atoms with Crippen molar-refractivity contribution in [2.75, 3.05) is 29.9 Å². The van der Waals surface area contributed by atoms with E-state index in [0.717, 1.165) is 12.1 Å². The Kier molecular flexibility index (Phi) is 10.3. The minimum Gasteiger partial charge on any atom is -0.458 e. The van der Waals surface area contributed by atoms with Crippen LogP contribution < -0.4 is 10.2 Å². The molecule has 37 heavy (non-hydrogen) atoms. The molecule has 1 amide bonds. The summed E-state index contributed by atoms with van der Waals surface area (Å²) in [6.07, 6.45) is 0.0237. The number of nitro benzene ring substituents is 2. The molecule has 2 aromatic carbocycles. The second-order valence-corrected chi connectivity index (χ2v) is 8.44. The van der Waals surface area contributed by atoms with Crippen molar-refractivity contribution < 1.29 is 29.0 Å². The topological polar surface area (TPSA) is 187 Å². The number of rotatable bonds is 12. The third kappa shape index (κ3) is 8.42. The molecule has 0 unspecified atom stereocenters. The first-order valence-electron chi connectivity index (χ1n) is 10.8. The van der Waals surface area contributed by atoms with E-state index in [9.17, 15) is 34.6 Å². The van der Waals surface area contributed by atoms with Crippen LogP contribution in [0.5, 0.6) is 0 Å². The van der Waals surface area contributed by atoms with Crippen molar-refractivity contribution >= 4 is 67.7 Å². The number of nitrogens with zero attached hydrogens (tertiary/aromatic N) is 5. The largest absolute Gasteiger partial charge is 0.458 e. The Morgan fingerprint density at radius 1 is 1.08 bits per heavy atom. The summed E-state index contributed by atoms with van der Waals surface area (Å²) in [5, 5.41) is 33.1. The molecule has 2 rings (SSSR count). The number of ketones is 1. The molecule has 2 aromatic rings. The van der Waals surface area contributed by atoms with Crippen LogP contribution in [-0.2, 0) is 19.1 Å². The van der Waals surface area contributed by atoms with E-state index in [-0.39, 0.29) is 46.9 Å². The van der Waals surface area contributed by atoms with Gasteiger partial charge in [-0.3, -0.25) is 34.6 Å². The quantitative estimate of drug-likeness (QED) is 0.156. The number of benzene rings is 2. The summed E-state index contributed by atoms with van der Waals surface area (Å²) in [5.74, 6) is -1.21.